The van der Waals surface area contributed by atoms with Gasteiger partial charge in [0.05, 0.1) is 30.4 Å². The smallest absolute Gasteiger partial charge is 0.416 e. The molecule has 1 aromatic heterocycles. The minimum Gasteiger partial charge on any atom is -0.497 e. The van der Waals surface area contributed by atoms with Gasteiger partial charge in [-0.25, -0.2) is 4.79 Å². The summed E-state index contributed by atoms with van der Waals surface area (Å²) < 4.78 is 62.5. The molecule has 2 amide bonds. The summed E-state index contributed by atoms with van der Waals surface area (Å²) >= 11 is 0. The Labute approximate surface area is 363 Å². The second kappa shape index (κ2) is 25.1. The number of hydrogen-bond acceptors (Lipinski definition) is 9. The molecule has 0 radical (unpaired) electrons. The summed E-state index contributed by atoms with van der Waals surface area (Å²) in [6.07, 6.45) is 6.17. The van der Waals surface area contributed by atoms with E-state index in [1.165, 1.54) is 74.8 Å². The molecule has 0 aliphatic heterocycles. The van der Waals surface area contributed by atoms with E-state index in [9.17, 15) is 32.3 Å². The van der Waals surface area contributed by atoms with Crippen LogP contribution in [0.25, 0.3) is 0 Å². The van der Waals surface area contributed by atoms with Crippen molar-refractivity contribution in [1.29, 1.82) is 0 Å². The Morgan fingerprint density at radius 1 is 0.726 bits per heavy atom. The quantitative estimate of drug-likeness (QED) is 0.0523. The standard InChI is InChI=1S/C43H48F3N3O8.C5H12/c1-6-7-8-9-10-23-55-33-19-13-30(14-20-33)41(53)56-34-17-11-29(12-18-34)27-49(28-38(50)57-42(2,3)4)40(52)37-22-16-32(26-47-37)39(51)48-25-31-15-21-35(54-5)24-36(31)43(44,45)46;1-3-5-4-2/h11-22,24,26H,6-10,23,25,27-28H2,1-5H3,(H,48,51);3-5H2,1-2H3. The van der Waals surface area contributed by atoms with Crippen molar-refractivity contribution >= 4 is 23.8 Å². The molecule has 1 N–H and O–H groups in total. The monoisotopic (exact) mass is 863 g/mol. The Kier molecular flexibility index (Phi) is 20.4. The van der Waals surface area contributed by atoms with Crippen LogP contribution in [0.3, 0.4) is 0 Å². The highest BCUT2D eigenvalue weighted by molar-refractivity contribution is 5.97. The van der Waals surface area contributed by atoms with E-state index in [-0.39, 0.29) is 34.9 Å². The van der Waals surface area contributed by atoms with E-state index in [0.717, 1.165) is 25.1 Å². The number of benzene rings is 3. The van der Waals surface area contributed by atoms with Crippen LogP contribution in [0.15, 0.2) is 85.1 Å². The first-order chi connectivity index (χ1) is 29.5. The number of esters is 2. The van der Waals surface area contributed by atoms with Crippen molar-refractivity contribution in [3.63, 3.8) is 0 Å². The molecule has 4 rings (SSSR count). The number of halogens is 3. The first-order valence-electron chi connectivity index (χ1n) is 21.0. The first kappa shape index (κ1) is 50.4. The van der Waals surface area contributed by atoms with Crippen LogP contribution in [0, 0.1) is 0 Å². The van der Waals surface area contributed by atoms with Crippen LogP contribution >= 0.6 is 0 Å². The molecular weight excluding hydrogens is 804 g/mol. The Morgan fingerprint density at radius 2 is 1.34 bits per heavy atom. The Hall–Kier alpha value is -5.92. The highest BCUT2D eigenvalue weighted by Gasteiger charge is 2.34. The maximum absolute atomic E-state index is 13.7. The van der Waals surface area contributed by atoms with Crippen LogP contribution in [0.2, 0.25) is 0 Å². The summed E-state index contributed by atoms with van der Waals surface area (Å²) in [5.41, 5.74) is -1.10. The number of methoxy groups -OCH3 is 1. The molecule has 0 atom stereocenters. The van der Waals surface area contributed by atoms with Gasteiger partial charge in [-0.1, -0.05) is 83.9 Å². The third-order valence-corrected chi connectivity index (χ3v) is 9.15. The number of nitrogens with one attached hydrogen (secondary N) is 1. The zero-order valence-corrected chi connectivity index (χ0v) is 36.9. The van der Waals surface area contributed by atoms with Gasteiger partial charge in [-0.2, -0.15) is 13.2 Å². The van der Waals surface area contributed by atoms with E-state index in [2.05, 4.69) is 31.1 Å². The zero-order chi connectivity index (χ0) is 45.7. The molecule has 0 aliphatic carbocycles. The fraction of sp³-hybridized carbons (Fsp3) is 0.438. The van der Waals surface area contributed by atoms with Gasteiger partial charge in [0.15, 0.2) is 0 Å². The second-order valence-electron chi connectivity index (χ2n) is 15.6. The van der Waals surface area contributed by atoms with E-state index in [1.54, 1.807) is 69.3 Å². The molecular formula is C48H60F3N3O8. The number of carbonyl (C=O) groups excluding carboxylic acids is 4. The average Bonchev–Trinajstić information content (AvgIpc) is 3.24. The van der Waals surface area contributed by atoms with Gasteiger partial charge < -0.3 is 29.2 Å². The van der Waals surface area contributed by atoms with Crippen molar-refractivity contribution < 1.29 is 51.3 Å². The predicted molar refractivity (Wildman–Crippen MR) is 231 cm³/mol. The molecule has 336 valence electrons. The lowest BCUT2D eigenvalue weighted by molar-refractivity contribution is -0.155. The van der Waals surface area contributed by atoms with Gasteiger partial charge in [0, 0.05) is 19.3 Å². The van der Waals surface area contributed by atoms with Crippen molar-refractivity contribution in [2.24, 2.45) is 0 Å². The minimum absolute atomic E-state index is 0.00473. The van der Waals surface area contributed by atoms with Crippen LogP contribution in [0.5, 0.6) is 17.2 Å². The molecule has 0 spiro atoms. The maximum Gasteiger partial charge on any atom is 0.416 e. The summed E-state index contributed by atoms with van der Waals surface area (Å²) in [4.78, 5) is 57.5. The SMILES string of the molecule is CCCCC.CCCCCCCOc1ccc(C(=O)Oc2ccc(CN(CC(=O)OC(C)(C)C)C(=O)c3ccc(C(=O)NCc4ccc(OC)cc4C(F)(F)F)cn3)cc2)cc1. The van der Waals surface area contributed by atoms with E-state index in [4.69, 9.17) is 18.9 Å². The second-order valence-corrected chi connectivity index (χ2v) is 15.6. The number of hydrogen-bond donors (Lipinski definition) is 1. The maximum atomic E-state index is 13.7. The van der Waals surface area contributed by atoms with Gasteiger partial charge in [-0.3, -0.25) is 19.4 Å². The number of amides is 2. The van der Waals surface area contributed by atoms with Crippen molar-refractivity contribution in [3.8, 4) is 17.2 Å². The van der Waals surface area contributed by atoms with Crippen molar-refractivity contribution in [2.45, 2.75) is 118 Å². The van der Waals surface area contributed by atoms with Gasteiger partial charge in [-0.15, -0.1) is 0 Å². The van der Waals surface area contributed by atoms with E-state index < -0.39 is 54.2 Å². The van der Waals surface area contributed by atoms with Crippen LogP contribution < -0.4 is 19.5 Å². The molecule has 0 fully saturated rings. The number of rotatable bonds is 20. The van der Waals surface area contributed by atoms with Gasteiger partial charge in [0.1, 0.15) is 35.1 Å². The lowest BCUT2D eigenvalue weighted by atomic mass is 10.1. The molecule has 3 aromatic carbocycles. The predicted octanol–water partition coefficient (Wildman–Crippen LogP) is 10.8. The van der Waals surface area contributed by atoms with E-state index in [1.807, 2.05) is 0 Å². The zero-order valence-electron chi connectivity index (χ0n) is 36.9. The van der Waals surface area contributed by atoms with Crippen LogP contribution in [-0.4, -0.2) is 59.5 Å². The third-order valence-electron chi connectivity index (χ3n) is 9.15. The van der Waals surface area contributed by atoms with Gasteiger partial charge >= 0.3 is 18.1 Å². The molecule has 0 aliphatic rings. The Morgan fingerprint density at radius 3 is 1.90 bits per heavy atom. The topological polar surface area (TPSA) is 133 Å². The summed E-state index contributed by atoms with van der Waals surface area (Å²) in [5, 5.41) is 2.45. The summed E-state index contributed by atoms with van der Waals surface area (Å²) in [7, 11) is 1.25. The molecule has 0 unspecified atom stereocenters. The molecule has 0 bridgehead atoms. The number of nitrogens with zero attached hydrogens (tertiary/aromatic N) is 2. The lowest BCUT2D eigenvalue weighted by Gasteiger charge is -2.25. The normalized spacial score (nSPS) is 11.1. The fourth-order valence-electron chi connectivity index (χ4n) is 5.91. The largest absolute Gasteiger partial charge is 0.497 e. The number of pyridine rings is 1. The number of aromatic nitrogens is 1. The number of unbranched alkanes of at least 4 members (excludes halogenated alkanes) is 6. The highest BCUT2D eigenvalue weighted by Crippen LogP contribution is 2.34. The van der Waals surface area contributed by atoms with Crippen LogP contribution in [0.1, 0.15) is 141 Å². The van der Waals surface area contributed by atoms with E-state index in [0.29, 0.717) is 23.5 Å². The molecule has 14 heteroatoms. The third kappa shape index (κ3) is 17.6. The van der Waals surface area contributed by atoms with E-state index >= 15 is 0 Å². The van der Waals surface area contributed by atoms with Crippen molar-refractivity contribution in [3.05, 3.63) is 119 Å². The van der Waals surface area contributed by atoms with Crippen molar-refractivity contribution in [2.75, 3.05) is 20.3 Å². The molecule has 0 saturated carbocycles. The Balaban J connectivity index is 0.00000193. The lowest BCUT2D eigenvalue weighted by Crippen LogP contribution is -2.38. The molecule has 1 heterocycles. The summed E-state index contributed by atoms with van der Waals surface area (Å²) in [6.45, 7) is 11.4. The molecule has 62 heavy (non-hydrogen) atoms. The summed E-state index contributed by atoms with van der Waals surface area (Å²) in [5.74, 6) is -1.65. The summed E-state index contributed by atoms with van der Waals surface area (Å²) in [6, 6.07) is 19.1. The first-order valence-corrected chi connectivity index (χ1v) is 21.0. The number of ether oxygens (including phenoxy) is 4. The Bertz CT molecular complexity index is 2010. The number of alkyl halides is 3. The molecule has 4 aromatic rings. The minimum atomic E-state index is -4.67. The molecule has 0 saturated heterocycles. The van der Waals surface area contributed by atoms with Crippen LogP contribution in [-0.2, 0) is 28.8 Å². The van der Waals surface area contributed by atoms with Crippen LogP contribution in [0.4, 0.5) is 13.2 Å². The molecule has 11 nitrogen and oxygen atoms in total. The highest BCUT2D eigenvalue weighted by atomic mass is 19.4. The average molecular weight is 864 g/mol. The van der Waals surface area contributed by atoms with Gasteiger partial charge in [0.25, 0.3) is 11.8 Å². The fourth-order valence-corrected chi connectivity index (χ4v) is 5.91. The number of carbonyl (C=O) groups is 4. The van der Waals surface area contributed by atoms with Gasteiger partial charge in [-0.05, 0) is 99.0 Å². The van der Waals surface area contributed by atoms with Gasteiger partial charge in [0.2, 0.25) is 0 Å². The van der Waals surface area contributed by atoms with Crippen molar-refractivity contribution in [1.82, 2.24) is 15.2 Å².